The van der Waals surface area contributed by atoms with E-state index in [1.54, 1.807) is 12.1 Å². The Morgan fingerprint density at radius 2 is 2.29 bits per heavy atom. The topological polar surface area (TPSA) is 103 Å². The van der Waals surface area contributed by atoms with E-state index in [1.165, 1.54) is 12.3 Å². The number of hydrazine groups is 1. The number of phenolic OH excluding ortho intramolecular Hbond substituents is 1. The van der Waals surface area contributed by atoms with E-state index in [9.17, 15) is 14.7 Å². The van der Waals surface area contributed by atoms with Crippen LogP contribution in [0.3, 0.4) is 0 Å². The Balaban J connectivity index is 1.92. The summed E-state index contributed by atoms with van der Waals surface area (Å²) in [5.41, 5.74) is 8.15. The molecule has 110 valence electrons. The molecule has 21 heavy (non-hydrogen) atoms. The lowest BCUT2D eigenvalue weighted by atomic mass is 10.0. The van der Waals surface area contributed by atoms with Gasteiger partial charge in [0.2, 0.25) is 11.8 Å². The fourth-order valence-corrected chi connectivity index (χ4v) is 2.10. The van der Waals surface area contributed by atoms with E-state index >= 15 is 0 Å². The van der Waals surface area contributed by atoms with Crippen molar-refractivity contribution in [2.45, 2.75) is 6.42 Å². The molecule has 4 N–H and O–H groups in total. The van der Waals surface area contributed by atoms with Crippen molar-refractivity contribution in [3.05, 3.63) is 40.5 Å². The standard InChI is InChI=1S/C13H13BrN4O3/c1-7-10(13(21)18-16-7)5-12(20)17-15-6-8-4-9(14)2-3-11(8)19/h2-4,6,10,16,19H,1,5H2,(H,17,20)(H,18,21). The summed E-state index contributed by atoms with van der Waals surface area (Å²) in [6.07, 6.45) is 1.26. The van der Waals surface area contributed by atoms with E-state index in [-0.39, 0.29) is 18.1 Å². The first-order valence-electron chi connectivity index (χ1n) is 6.02. The van der Waals surface area contributed by atoms with Crippen LogP contribution < -0.4 is 16.3 Å². The molecule has 0 saturated carbocycles. The lowest BCUT2D eigenvalue weighted by molar-refractivity contribution is -0.127. The van der Waals surface area contributed by atoms with E-state index < -0.39 is 11.8 Å². The maximum absolute atomic E-state index is 11.7. The molecule has 1 atom stereocenters. The first kappa shape index (κ1) is 15.0. The lowest BCUT2D eigenvalue weighted by Crippen LogP contribution is -2.27. The summed E-state index contributed by atoms with van der Waals surface area (Å²) < 4.78 is 0.776. The molecule has 2 rings (SSSR count). The van der Waals surface area contributed by atoms with Crippen LogP contribution in [0, 0.1) is 5.92 Å². The number of carbonyl (C=O) groups excluding carboxylic acids is 2. The van der Waals surface area contributed by atoms with E-state index in [0.29, 0.717) is 11.3 Å². The molecule has 1 aromatic rings. The molecular weight excluding hydrogens is 340 g/mol. The van der Waals surface area contributed by atoms with Gasteiger partial charge in [0.05, 0.1) is 12.1 Å². The highest BCUT2D eigenvalue weighted by atomic mass is 79.9. The predicted molar refractivity (Wildman–Crippen MR) is 80.1 cm³/mol. The maximum Gasteiger partial charge on any atom is 0.247 e. The number of hydrazone groups is 1. The lowest BCUT2D eigenvalue weighted by Gasteiger charge is -2.05. The van der Waals surface area contributed by atoms with Gasteiger partial charge in [-0.15, -0.1) is 0 Å². The zero-order valence-electron chi connectivity index (χ0n) is 10.9. The maximum atomic E-state index is 11.7. The molecule has 1 heterocycles. The third kappa shape index (κ3) is 3.82. The van der Waals surface area contributed by atoms with Gasteiger partial charge >= 0.3 is 0 Å². The molecule has 1 unspecified atom stereocenters. The summed E-state index contributed by atoms with van der Waals surface area (Å²) in [6, 6.07) is 4.84. The Kier molecular flexibility index (Phi) is 4.59. The van der Waals surface area contributed by atoms with Crippen molar-refractivity contribution in [1.29, 1.82) is 0 Å². The normalized spacial score (nSPS) is 17.7. The van der Waals surface area contributed by atoms with Crippen LogP contribution in [0.2, 0.25) is 0 Å². The van der Waals surface area contributed by atoms with Gasteiger partial charge in [0, 0.05) is 22.2 Å². The van der Waals surface area contributed by atoms with Gasteiger partial charge in [-0.2, -0.15) is 5.10 Å². The van der Waals surface area contributed by atoms with Crippen LogP contribution in [-0.2, 0) is 9.59 Å². The second-order valence-electron chi connectivity index (χ2n) is 4.39. The van der Waals surface area contributed by atoms with Crippen LogP contribution in [0.4, 0.5) is 0 Å². The second kappa shape index (κ2) is 6.40. The fraction of sp³-hybridized carbons (Fsp3) is 0.154. The molecule has 8 heteroatoms. The average Bonchev–Trinajstić information content (AvgIpc) is 2.74. The smallest absolute Gasteiger partial charge is 0.247 e. The number of hydrogen-bond donors (Lipinski definition) is 4. The molecule has 0 radical (unpaired) electrons. The molecule has 1 aromatic carbocycles. The van der Waals surface area contributed by atoms with Crippen molar-refractivity contribution >= 4 is 34.0 Å². The van der Waals surface area contributed by atoms with Crippen LogP contribution in [0.25, 0.3) is 0 Å². The third-order valence-electron chi connectivity index (χ3n) is 2.86. The Morgan fingerprint density at radius 1 is 1.52 bits per heavy atom. The van der Waals surface area contributed by atoms with Crippen molar-refractivity contribution in [2.75, 3.05) is 0 Å². The van der Waals surface area contributed by atoms with Gasteiger partial charge in [0.25, 0.3) is 0 Å². The number of nitrogens with zero attached hydrogens (tertiary/aromatic N) is 1. The summed E-state index contributed by atoms with van der Waals surface area (Å²) in [7, 11) is 0. The van der Waals surface area contributed by atoms with Crippen LogP contribution in [0.1, 0.15) is 12.0 Å². The van der Waals surface area contributed by atoms with Gasteiger partial charge in [-0.05, 0) is 18.2 Å². The Hall–Kier alpha value is -2.35. The van der Waals surface area contributed by atoms with Crippen LogP contribution in [0.15, 0.2) is 40.0 Å². The van der Waals surface area contributed by atoms with Crippen molar-refractivity contribution in [1.82, 2.24) is 16.3 Å². The molecule has 1 fully saturated rings. The fourth-order valence-electron chi connectivity index (χ4n) is 1.72. The number of nitrogens with one attached hydrogen (secondary N) is 3. The molecule has 0 aliphatic carbocycles. The van der Waals surface area contributed by atoms with Crippen LogP contribution >= 0.6 is 15.9 Å². The van der Waals surface area contributed by atoms with Crippen molar-refractivity contribution in [3.8, 4) is 5.75 Å². The quantitative estimate of drug-likeness (QED) is 0.474. The summed E-state index contributed by atoms with van der Waals surface area (Å²) in [5.74, 6) is -1.29. The van der Waals surface area contributed by atoms with Crippen molar-refractivity contribution in [2.24, 2.45) is 11.0 Å². The zero-order chi connectivity index (χ0) is 15.4. The number of amides is 2. The molecule has 0 aromatic heterocycles. The van der Waals surface area contributed by atoms with E-state index in [2.05, 4.69) is 43.9 Å². The van der Waals surface area contributed by atoms with Gasteiger partial charge < -0.3 is 10.5 Å². The molecule has 0 spiro atoms. The Bertz CT molecular complexity index is 614. The Labute approximate surface area is 129 Å². The van der Waals surface area contributed by atoms with E-state index in [1.807, 2.05) is 0 Å². The van der Waals surface area contributed by atoms with E-state index in [0.717, 1.165) is 4.47 Å². The monoisotopic (exact) mass is 352 g/mol. The number of hydrogen-bond acceptors (Lipinski definition) is 5. The molecule has 1 saturated heterocycles. The molecule has 2 amide bonds. The summed E-state index contributed by atoms with van der Waals surface area (Å²) >= 11 is 3.27. The third-order valence-corrected chi connectivity index (χ3v) is 3.35. The van der Waals surface area contributed by atoms with E-state index in [4.69, 9.17) is 0 Å². The van der Waals surface area contributed by atoms with Gasteiger partial charge in [0.1, 0.15) is 5.75 Å². The first-order chi connectivity index (χ1) is 9.97. The highest BCUT2D eigenvalue weighted by molar-refractivity contribution is 9.10. The van der Waals surface area contributed by atoms with Gasteiger partial charge in [-0.1, -0.05) is 22.5 Å². The predicted octanol–water partition coefficient (Wildman–Crippen LogP) is 0.759. The number of phenols is 1. The summed E-state index contributed by atoms with van der Waals surface area (Å²) in [4.78, 5) is 23.1. The zero-order valence-corrected chi connectivity index (χ0v) is 12.5. The number of carbonyl (C=O) groups is 2. The largest absolute Gasteiger partial charge is 0.507 e. The van der Waals surface area contributed by atoms with Gasteiger partial charge in [-0.25, -0.2) is 5.43 Å². The molecule has 7 nitrogen and oxygen atoms in total. The summed E-state index contributed by atoms with van der Waals surface area (Å²) in [5, 5.41) is 13.4. The average molecular weight is 353 g/mol. The molecule has 1 aliphatic rings. The second-order valence-corrected chi connectivity index (χ2v) is 5.31. The highest BCUT2D eigenvalue weighted by Gasteiger charge is 2.29. The van der Waals surface area contributed by atoms with Gasteiger partial charge in [0.15, 0.2) is 0 Å². The van der Waals surface area contributed by atoms with Crippen LogP contribution in [0.5, 0.6) is 5.75 Å². The minimum Gasteiger partial charge on any atom is -0.507 e. The summed E-state index contributed by atoms with van der Waals surface area (Å²) in [6.45, 7) is 3.64. The van der Waals surface area contributed by atoms with Crippen molar-refractivity contribution in [3.63, 3.8) is 0 Å². The number of aromatic hydroxyl groups is 1. The van der Waals surface area contributed by atoms with Gasteiger partial charge in [-0.3, -0.25) is 15.0 Å². The number of benzene rings is 1. The minimum absolute atomic E-state index is 0.0453. The SMILES string of the molecule is C=C1NNC(=O)C1CC(=O)NN=Cc1cc(Br)ccc1O. The highest BCUT2D eigenvalue weighted by Crippen LogP contribution is 2.20. The number of rotatable bonds is 4. The minimum atomic E-state index is -0.612. The molecule has 0 bridgehead atoms. The Morgan fingerprint density at radius 3 is 2.95 bits per heavy atom. The number of halogens is 1. The molecular formula is C13H13BrN4O3. The van der Waals surface area contributed by atoms with Crippen LogP contribution in [-0.4, -0.2) is 23.1 Å². The van der Waals surface area contributed by atoms with Crippen molar-refractivity contribution < 1.29 is 14.7 Å². The first-order valence-corrected chi connectivity index (χ1v) is 6.82. The molecule has 1 aliphatic heterocycles.